The first kappa shape index (κ1) is 19.1. The highest BCUT2D eigenvalue weighted by molar-refractivity contribution is 6.15. The van der Waals surface area contributed by atoms with Gasteiger partial charge in [-0.05, 0) is 45.2 Å². The van der Waals surface area contributed by atoms with Gasteiger partial charge < -0.3 is 10.4 Å². The number of hydrogen-bond donors (Lipinski definition) is 3. The zero-order valence-corrected chi connectivity index (χ0v) is 16.9. The zero-order chi connectivity index (χ0) is 20.5. The molecule has 7 nitrogen and oxygen atoms in total. The number of aliphatic hydroxyl groups excluding tert-OH is 1. The summed E-state index contributed by atoms with van der Waals surface area (Å²) in [6.07, 6.45) is -0.249. The van der Waals surface area contributed by atoms with Crippen molar-refractivity contribution < 1.29 is 19.5 Å². The van der Waals surface area contributed by atoms with Crippen molar-refractivity contribution in [2.24, 2.45) is 11.8 Å². The number of fused-ring (bicyclic) bond motifs is 4. The molecule has 0 radical (unpaired) electrons. The second-order valence-electron chi connectivity index (χ2n) is 8.41. The minimum Gasteiger partial charge on any atom is -0.392 e. The van der Waals surface area contributed by atoms with Gasteiger partial charge in [-0.2, -0.15) is 0 Å². The summed E-state index contributed by atoms with van der Waals surface area (Å²) in [4.78, 5) is 41.2. The van der Waals surface area contributed by atoms with E-state index in [9.17, 15) is 19.5 Å². The number of carbonyl (C=O) groups is 3. The lowest BCUT2D eigenvalue weighted by molar-refractivity contribution is -0.145. The average molecular weight is 385 g/mol. The molecule has 2 saturated heterocycles. The highest BCUT2D eigenvalue weighted by Crippen LogP contribution is 2.54. The molecule has 3 amide bonds. The van der Waals surface area contributed by atoms with Crippen LogP contribution in [0, 0.1) is 25.7 Å². The van der Waals surface area contributed by atoms with Crippen LogP contribution in [0.3, 0.4) is 0 Å². The molecule has 0 aromatic heterocycles. The van der Waals surface area contributed by atoms with Gasteiger partial charge in [0.25, 0.3) is 0 Å². The van der Waals surface area contributed by atoms with E-state index in [-0.39, 0.29) is 23.8 Å². The number of likely N-dealkylation sites (tertiary alicyclic amines) is 1. The van der Waals surface area contributed by atoms with Gasteiger partial charge in [-0.3, -0.25) is 24.6 Å². The lowest BCUT2D eigenvalue weighted by atomic mass is 9.76. The van der Waals surface area contributed by atoms with Crippen LogP contribution in [0.1, 0.15) is 43.9 Å². The molecule has 6 atom stereocenters. The van der Waals surface area contributed by atoms with Crippen LogP contribution in [-0.2, 0) is 19.9 Å². The van der Waals surface area contributed by atoms with Gasteiger partial charge in [0.1, 0.15) is 5.54 Å². The topological polar surface area (TPSA) is 98.7 Å². The second-order valence-corrected chi connectivity index (χ2v) is 8.41. The van der Waals surface area contributed by atoms with Crippen molar-refractivity contribution in [1.82, 2.24) is 10.2 Å². The molecule has 1 aromatic carbocycles. The van der Waals surface area contributed by atoms with Crippen molar-refractivity contribution in [2.75, 3.05) is 5.32 Å². The van der Waals surface area contributed by atoms with Crippen LogP contribution in [0.15, 0.2) is 12.1 Å². The van der Waals surface area contributed by atoms with E-state index in [2.05, 4.69) is 10.6 Å². The number of benzene rings is 1. The molecular formula is C21H27N3O4. The molecule has 28 heavy (non-hydrogen) atoms. The standard InChI is InChI=1S/C21H27N3O4/c1-6-10(3)24-18(26)14-15(19(24)27)21(23-17(14)12(5)25)13-8-7-9(2)11(4)16(13)22-20(21)28/h7-8,10,12,14-15,17,23,25H,6H2,1-5H3,(H,22,28)/t10-,12-,14-,15-,17+,21+/m0/s1. The van der Waals surface area contributed by atoms with Gasteiger partial charge >= 0.3 is 0 Å². The quantitative estimate of drug-likeness (QED) is 0.679. The van der Waals surface area contributed by atoms with Gasteiger partial charge in [-0.25, -0.2) is 0 Å². The van der Waals surface area contributed by atoms with Crippen molar-refractivity contribution in [1.29, 1.82) is 0 Å². The van der Waals surface area contributed by atoms with Crippen LogP contribution in [0.4, 0.5) is 5.69 Å². The van der Waals surface area contributed by atoms with Crippen molar-refractivity contribution in [3.63, 3.8) is 0 Å². The molecule has 3 heterocycles. The smallest absolute Gasteiger partial charge is 0.250 e. The minimum atomic E-state index is -1.34. The molecule has 3 aliphatic heterocycles. The van der Waals surface area contributed by atoms with Gasteiger partial charge in [0.15, 0.2) is 0 Å². The number of imide groups is 1. The molecule has 7 heteroatoms. The summed E-state index contributed by atoms with van der Waals surface area (Å²) in [6, 6.07) is 2.86. The van der Waals surface area contributed by atoms with E-state index in [0.717, 1.165) is 11.1 Å². The maximum atomic E-state index is 13.4. The Bertz CT molecular complexity index is 896. The highest BCUT2D eigenvalue weighted by Gasteiger charge is 2.71. The fourth-order valence-electron chi connectivity index (χ4n) is 5.10. The van der Waals surface area contributed by atoms with Gasteiger partial charge in [-0.15, -0.1) is 0 Å². The van der Waals surface area contributed by atoms with E-state index in [1.54, 1.807) is 6.92 Å². The summed E-state index contributed by atoms with van der Waals surface area (Å²) in [5, 5.41) is 16.6. The van der Waals surface area contributed by atoms with Gasteiger partial charge in [0.05, 0.1) is 17.9 Å². The molecule has 0 aliphatic carbocycles. The van der Waals surface area contributed by atoms with Crippen molar-refractivity contribution in [3.05, 3.63) is 28.8 Å². The first-order valence-corrected chi connectivity index (χ1v) is 9.91. The third-order valence-corrected chi connectivity index (χ3v) is 6.94. The molecule has 150 valence electrons. The Morgan fingerprint density at radius 3 is 2.46 bits per heavy atom. The number of amides is 3. The first-order chi connectivity index (χ1) is 13.2. The molecule has 0 unspecified atom stereocenters. The van der Waals surface area contributed by atoms with Crippen molar-refractivity contribution >= 4 is 23.4 Å². The predicted molar refractivity (Wildman–Crippen MR) is 103 cm³/mol. The number of rotatable bonds is 3. The molecule has 0 bridgehead atoms. The summed E-state index contributed by atoms with van der Waals surface area (Å²) in [6.45, 7) is 9.24. The van der Waals surface area contributed by atoms with Crippen LogP contribution in [0.2, 0.25) is 0 Å². The van der Waals surface area contributed by atoms with Crippen LogP contribution in [0.25, 0.3) is 0 Å². The van der Waals surface area contributed by atoms with Gasteiger partial charge in [-0.1, -0.05) is 19.1 Å². The first-order valence-electron chi connectivity index (χ1n) is 9.91. The third-order valence-electron chi connectivity index (χ3n) is 6.94. The van der Waals surface area contributed by atoms with Gasteiger partial charge in [0, 0.05) is 23.3 Å². The Morgan fingerprint density at radius 1 is 1.18 bits per heavy atom. The summed E-state index contributed by atoms with van der Waals surface area (Å²) in [5.74, 6) is -2.59. The zero-order valence-electron chi connectivity index (χ0n) is 16.9. The summed E-state index contributed by atoms with van der Waals surface area (Å²) < 4.78 is 0. The number of aryl methyl sites for hydroxylation is 1. The lowest BCUT2D eigenvalue weighted by Crippen LogP contribution is -2.55. The average Bonchev–Trinajstić information content (AvgIpc) is 3.24. The lowest BCUT2D eigenvalue weighted by Gasteiger charge is -2.31. The maximum absolute atomic E-state index is 13.4. The Balaban J connectivity index is 1.93. The van der Waals surface area contributed by atoms with E-state index in [1.165, 1.54) is 4.90 Å². The number of nitrogens with one attached hydrogen (secondary N) is 2. The fourth-order valence-corrected chi connectivity index (χ4v) is 5.10. The number of aliphatic hydroxyl groups is 1. The molecule has 1 spiro atoms. The largest absolute Gasteiger partial charge is 0.392 e. The van der Waals surface area contributed by atoms with Crippen LogP contribution < -0.4 is 10.6 Å². The van der Waals surface area contributed by atoms with Gasteiger partial charge in [0.2, 0.25) is 17.7 Å². The SMILES string of the molecule is CC[C@H](C)N1C(=O)[C@@H]2[C@@H]([C@H](C)O)N[C@@]3(C(=O)Nc4c3ccc(C)c4C)[C@@H]2C1=O. The van der Waals surface area contributed by atoms with E-state index in [4.69, 9.17) is 0 Å². The second kappa shape index (κ2) is 6.12. The predicted octanol–water partition coefficient (Wildman–Crippen LogP) is 1.20. The molecule has 4 rings (SSSR count). The molecular weight excluding hydrogens is 358 g/mol. The summed E-state index contributed by atoms with van der Waals surface area (Å²) in [5.41, 5.74) is 2.02. The van der Waals surface area contributed by atoms with E-state index in [0.29, 0.717) is 17.7 Å². The van der Waals surface area contributed by atoms with Crippen LogP contribution in [-0.4, -0.2) is 45.9 Å². The fraction of sp³-hybridized carbons (Fsp3) is 0.571. The normalized spacial score (nSPS) is 33.3. The Labute approximate surface area is 164 Å². The molecule has 2 fully saturated rings. The minimum absolute atomic E-state index is 0.249. The van der Waals surface area contributed by atoms with E-state index < -0.39 is 29.5 Å². The maximum Gasteiger partial charge on any atom is 0.250 e. The molecule has 3 N–H and O–H groups in total. The summed E-state index contributed by atoms with van der Waals surface area (Å²) >= 11 is 0. The number of anilines is 1. The van der Waals surface area contributed by atoms with E-state index >= 15 is 0 Å². The molecule has 3 aliphatic rings. The van der Waals surface area contributed by atoms with E-state index in [1.807, 2.05) is 39.8 Å². The Kier molecular flexibility index (Phi) is 4.17. The number of carbonyl (C=O) groups excluding carboxylic acids is 3. The highest BCUT2D eigenvalue weighted by atomic mass is 16.3. The van der Waals surface area contributed by atoms with Crippen molar-refractivity contribution in [3.8, 4) is 0 Å². The van der Waals surface area contributed by atoms with Crippen LogP contribution >= 0.6 is 0 Å². The van der Waals surface area contributed by atoms with Crippen molar-refractivity contribution in [2.45, 2.75) is 64.8 Å². The summed E-state index contributed by atoms with van der Waals surface area (Å²) in [7, 11) is 0. The Hall–Kier alpha value is -2.25. The number of nitrogens with zero attached hydrogens (tertiary/aromatic N) is 1. The molecule has 1 aromatic rings. The third kappa shape index (κ3) is 2.14. The monoisotopic (exact) mass is 385 g/mol. The number of hydrogen-bond acceptors (Lipinski definition) is 5. The molecule has 0 saturated carbocycles. The van der Waals surface area contributed by atoms with Crippen LogP contribution in [0.5, 0.6) is 0 Å². The Morgan fingerprint density at radius 2 is 1.86 bits per heavy atom.